The van der Waals surface area contributed by atoms with E-state index in [9.17, 15) is 0 Å². The maximum absolute atomic E-state index is 5.21. The summed E-state index contributed by atoms with van der Waals surface area (Å²) in [5.41, 5.74) is 3.13. The van der Waals surface area contributed by atoms with Crippen LogP contribution in [-0.4, -0.2) is 23.6 Å². The van der Waals surface area contributed by atoms with Crippen LogP contribution in [0.25, 0.3) is 11.3 Å². The zero-order chi connectivity index (χ0) is 19.1. The van der Waals surface area contributed by atoms with Gasteiger partial charge in [0.25, 0.3) is 0 Å². The van der Waals surface area contributed by atoms with Gasteiger partial charge in [-0.25, -0.2) is 4.98 Å². The van der Waals surface area contributed by atoms with Crippen LogP contribution in [0.4, 0.5) is 11.8 Å². The molecule has 5 heteroatoms. The van der Waals surface area contributed by atoms with Crippen molar-refractivity contribution in [1.29, 1.82) is 0 Å². The van der Waals surface area contributed by atoms with Crippen molar-refractivity contribution in [2.24, 2.45) is 5.92 Å². The van der Waals surface area contributed by atoms with Crippen molar-refractivity contribution in [3.8, 4) is 17.0 Å². The Morgan fingerprint density at radius 3 is 2.33 bits per heavy atom. The molecular formula is C22H26N4O. The van der Waals surface area contributed by atoms with Gasteiger partial charge in [-0.1, -0.05) is 56.3 Å². The smallest absolute Gasteiger partial charge is 0.225 e. The molecule has 0 saturated carbocycles. The minimum atomic E-state index is 0.518. The first-order valence-corrected chi connectivity index (χ1v) is 9.19. The van der Waals surface area contributed by atoms with Gasteiger partial charge in [-0.05, 0) is 23.6 Å². The molecule has 1 aromatic heterocycles. The maximum atomic E-state index is 5.21. The fourth-order valence-corrected chi connectivity index (χ4v) is 2.61. The van der Waals surface area contributed by atoms with Crippen LogP contribution in [0.1, 0.15) is 19.4 Å². The second-order valence-electron chi connectivity index (χ2n) is 6.80. The summed E-state index contributed by atoms with van der Waals surface area (Å²) in [5.74, 6) is 2.81. The van der Waals surface area contributed by atoms with Gasteiger partial charge in [-0.3, -0.25) is 0 Å². The van der Waals surface area contributed by atoms with Gasteiger partial charge in [0.2, 0.25) is 5.95 Å². The number of rotatable bonds is 8. The Morgan fingerprint density at radius 2 is 1.67 bits per heavy atom. The number of aromatic nitrogens is 2. The lowest BCUT2D eigenvalue weighted by molar-refractivity contribution is 0.414. The lowest BCUT2D eigenvalue weighted by Gasteiger charge is -2.13. The second kappa shape index (κ2) is 9.03. The first-order chi connectivity index (χ1) is 13.1. The van der Waals surface area contributed by atoms with Crippen LogP contribution >= 0.6 is 0 Å². The van der Waals surface area contributed by atoms with Crippen LogP contribution in [0.2, 0.25) is 0 Å². The number of methoxy groups -OCH3 is 1. The molecule has 2 N–H and O–H groups in total. The fraction of sp³-hybridized carbons (Fsp3) is 0.273. The SMILES string of the molecule is COc1ccc(CNc2cc(-c3ccccc3)nc(NCC(C)C)n2)cc1. The lowest BCUT2D eigenvalue weighted by Crippen LogP contribution is -2.12. The molecular weight excluding hydrogens is 336 g/mol. The van der Waals surface area contributed by atoms with Crippen molar-refractivity contribution in [1.82, 2.24) is 9.97 Å². The molecule has 0 aliphatic heterocycles. The predicted octanol–water partition coefficient (Wildman–Crippen LogP) is 4.83. The summed E-state index contributed by atoms with van der Waals surface area (Å²) in [6, 6.07) is 20.1. The summed E-state index contributed by atoms with van der Waals surface area (Å²) < 4.78 is 5.21. The topological polar surface area (TPSA) is 59.1 Å². The average molecular weight is 362 g/mol. The molecule has 2 aromatic carbocycles. The first kappa shape index (κ1) is 18.7. The van der Waals surface area contributed by atoms with Crippen LogP contribution in [0.15, 0.2) is 60.7 Å². The molecule has 0 bridgehead atoms. The zero-order valence-electron chi connectivity index (χ0n) is 16.1. The van der Waals surface area contributed by atoms with Gasteiger partial charge >= 0.3 is 0 Å². The summed E-state index contributed by atoms with van der Waals surface area (Å²) in [6.45, 7) is 5.84. The van der Waals surface area contributed by atoms with Gasteiger partial charge in [-0.2, -0.15) is 4.98 Å². The summed E-state index contributed by atoms with van der Waals surface area (Å²) in [5, 5.41) is 6.73. The van der Waals surface area contributed by atoms with E-state index < -0.39 is 0 Å². The predicted molar refractivity (Wildman–Crippen MR) is 111 cm³/mol. The minimum Gasteiger partial charge on any atom is -0.497 e. The summed E-state index contributed by atoms with van der Waals surface area (Å²) in [6.07, 6.45) is 0. The largest absolute Gasteiger partial charge is 0.497 e. The monoisotopic (exact) mass is 362 g/mol. The quantitative estimate of drug-likeness (QED) is 0.601. The van der Waals surface area contributed by atoms with Gasteiger partial charge < -0.3 is 15.4 Å². The number of nitrogens with one attached hydrogen (secondary N) is 2. The minimum absolute atomic E-state index is 0.518. The van der Waals surface area contributed by atoms with E-state index in [4.69, 9.17) is 4.74 Å². The maximum Gasteiger partial charge on any atom is 0.225 e. The summed E-state index contributed by atoms with van der Waals surface area (Å²) in [4.78, 5) is 9.30. The van der Waals surface area contributed by atoms with Crippen LogP contribution in [-0.2, 0) is 6.54 Å². The van der Waals surface area contributed by atoms with E-state index in [1.807, 2.05) is 48.5 Å². The molecule has 0 spiro atoms. The summed E-state index contributed by atoms with van der Waals surface area (Å²) in [7, 11) is 1.67. The number of anilines is 2. The van der Waals surface area contributed by atoms with Crippen LogP contribution < -0.4 is 15.4 Å². The van der Waals surface area contributed by atoms with E-state index in [0.29, 0.717) is 18.4 Å². The molecule has 0 unspecified atom stereocenters. The van der Waals surface area contributed by atoms with E-state index in [0.717, 1.165) is 34.9 Å². The van der Waals surface area contributed by atoms with Gasteiger partial charge in [0.1, 0.15) is 11.6 Å². The van der Waals surface area contributed by atoms with E-state index in [2.05, 4.69) is 46.6 Å². The standard InChI is InChI=1S/C22H26N4O/c1-16(2)14-24-22-25-20(18-7-5-4-6-8-18)13-21(26-22)23-15-17-9-11-19(27-3)12-10-17/h4-13,16H,14-15H2,1-3H3,(H2,23,24,25,26). The number of benzene rings is 2. The Kier molecular flexibility index (Phi) is 6.26. The third kappa shape index (κ3) is 5.45. The zero-order valence-corrected chi connectivity index (χ0v) is 16.1. The van der Waals surface area contributed by atoms with Crippen molar-refractivity contribution >= 4 is 11.8 Å². The van der Waals surface area contributed by atoms with Crippen molar-refractivity contribution in [3.63, 3.8) is 0 Å². The van der Waals surface area contributed by atoms with Gasteiger partial charge in [0.05, 0.1) is 12.8 Å². The third-order valence-electron chi connectivity index (χ3n) is 4.10. The first-order valence-electron chi connectivity index (χ1n) is 9.19. The molecule has 0 saturated heterocycles. The Bertz CT molecular complexity index is 848. The highest BCUT2D eigenvalue weighted by molar-refractivity contribution is 5.64. The fourth-order valence-electron chi connectivity index (χ4n) is 2.61. The Morgan fingerprint density at radius 1 is 0.926 bits per heavy atom. The number of hydrogen-bond acceptors (Lipinski definition) is 5. The van der Waals surface area contributed by atoms with Gasteiger partial charge in [-0.15, -0.1) is 0 Å². The highest BCUT2D eigenvalue weighted by Gasteiger charge is 2.07. The number of nitrogens with zero attached hydrogens (tertiary/aromatic N) is 2. The van der Waals surface area contributed by atoms with Gasteiger partial charge in [0.15, 0.2) is 0 Å². The highest BCUT2D eigenvalue weighted by atomic mass is 16.5. The summed E-state index contributed by atoms with van der Waals surface area (Å²) >= 11 is 0. The Labute approximate surface area is 160 Å². The highest BCUT2D eigenvalue weighted by Crippen LogP contribution is 2.22. The number of ether oxygens (including phenoxy) is 1. The van der Waals surface area contributed by atoms with Crippen LogP contribution in [0.3, 0.4) is 0 Å². The molecule has 5 nitrogen and oxygen atoms in total. The van der Waals surface area contributed by atoms with E-state index >= 15 is 0 Å². The molecule has 0 aliphatic rings. The van der Waals surface area contributed by atoms with Crippen LogP contribution in [0.5, 0.6) is 5.75 Å². The van der Waals surface area contributed by atoms with Crippen LogP contribution in [0, 0.1) is 5.92 Å². The molecule has 1 heterocycles. The lowest BCUT2D eigenvalue weighted by atomic mass is 10.1. The average Bonchev–Trinajstić information content (AvgIpc) is 2.71. The molecule has 0 atom stereocenters. The molecule has 0 fully saturated rings. The van der Waals surface area contributed by atoms with Gasteiger partial charge in [0, 0.05) is 24.7 Å². The molecule has 3 aromatic rings. The van der Waals surface area contributed by atoms with E-state index in [1.165, 1.54) is 0 Å². The third-order valence-corrected chi connectivity index (χ3v) is 4.10. The van der Waals surface area contributed by atoms with Crippen molar-refractivity contribution < 1.29 is 4.74 Å². The van der Waals surface area contributed by atoms with Crippen molar-refractivity contribution in [2.45, 2.75) is 20.4 Å². The molecule has 27 heavy (non-hydrogen) atoms. The molecule has 0 radical (unpaired) electrons. The van der Waals surface area contributed by atoms with E-state index in [-0.39, 0.29) is 0 Å². The second-order valence-corrected chi connectivity index (χ2v) is 6.80. The molecule has 0 amide bonds. The van der Waals surface area contributed by atoms with Crippen molar-refractivity contribution in [3.05, 3.63) is 66.2 Å². The normalized spacial score (nSPS) is 10.7. The molecule has 140 valence electrons. The Balaban J connectivity index is 1.80. The Hall–Kier alpha value is -3.08. The molecule has 0 aliphatic carbocycles. The number of hydrogen-bond donors (Lipinski definition) is 2. The van der Waals surface area contributed by atoms with Crippen molar-refractivity contribution in [2.75, 3.05) is 24.3 Å². The van der Waals surface area contributed by atoms with E-state index in [1.54, 1.807) is 7.11 Å². The molecule has 3 rings (SSSR count).